The summed E-state index contributed by atoms with van der Waals surface area (Å²) < 4.78 is 0. The molecule has 1 fully saturated rings. The predicted octanol–water partition coefficient (Wildman–Crippen LogP) is 2.91. The highest BCUT2D eigenvalue weighted by Gasteiger charge is 2.38. The van der Waals surface area contributed by atoms with Crippen molar-refractivity contribution in [2.24, 2.45) is 5.92 Å². The summed E-state index contributed by atoms with van der Waals surface area (Å²) in [5, 5.41) is 10.2. The van der Waals surface area contributed by atoms with Gasteiger partial charge < -0.3 is 5.11 Å². The van der Waals surface area contributed by atoms with E-state index in [9.17, 15) is 9.90 Å². The van der Waals surface area contributed by atoms with Gasteiger partial charge in [0.25, 0.3) is 0 Å². The zero-order valence-corrected chi connectivity index (χ0v) is 10.3. The minimum Gasteiger partial charge on any atom is -0.392 e. The molecule has 0 spiro atoms. The summed E-state index contributed by atoms with van der Waals surface area (Å²) in [5.74, 6) is 0.118. The second-order valence-corrected chi connectivity index (χ2v) is 4.92. The highest BCUT2D eigenvalue weighted by molar-refractivity contribution is 5.90. The van der Waals surface area contributed by atoms with Gasteiger partial charge in [0.2, 0.25) is 0 Å². The fraction of sp³-hybridized carbons (Fsp3) is 0.533. The molecule has 0 aromatic heterocycles. The Balaban J connectivity index is 2.20. The van der Waals surface area contributed by atoms with Gasteiger partial charge >= 0.3 is 0 Å². The molecule has 2 nitrogen and oxygen atoms in total. The van der Waals surface area contributed by atoms with Crippen LogP contribution in [0.25, 0.3) is 0 Å². The van der Waals surface area contributed by atoms with Crippen molar-refractivity contribution in [3.8, 4) is 0 Å². The first-order chi connectivity index (χ1) is 8.24. The van der Waals surface area contributed by atoms with Gasteiger partial charge in [-0.25, -0.2) is 0 Å². The van der Waals surface area contributed by atoms with Crippen LogP contribution >= 0.6 is 0 Å². The number of ketones is 1. The molecule has 0 amide bonds. The monoisotopic (exact) mass is 232 g/mol. The van der Waals surface area contributed by atoms with Gasteiger partial charge in [0.15, 0.2) is 0 Å². The summed E-state index contributed by atoms with van der Waals surface area (Å²) >= 11 is 0. The number of hydrogen-bond acceptors (Lipinski definition) is 2. The molecule has 2 unspecified atom stereocenters. The first-order valence-corrected chi connectivity index (χ1v) is 6.50. The molecule has 0 bridgehead atoms. The third-order valence-electron chi connectivity index (χ3n) is 3.41. The topological polar surface area (TPSA) is 37.3 Å². The van der Waals surface area contributed by atoms with Crippen LogP contribution in [0.15, 0.2) is 30.3 Å². The lowest BCUT2D eigenvalue weighted by Crippen LogP contribution is -2.27. The number of aliphatic hydroxyl groups is 1. The van der Waals surface area contributed by atoms with Gasteiger partial charge in [0.1, 0.15) is 5.78 Å². The molecule has 1 aromatic carbocycles. The number of carbonyl (C=O) groups excluding carboxylic acids is 1. The van der Waals surface area contributed by atoms with Crippen LogP contribution in [0.3, 0.4) is 0 Å². The Bertz CT molecular complexity index is 368. The maximum Gasteiger partial charge on any atom is 0.146 e. The van der Waals surface area contributed by atoms with E-state index in [0.29, 0.717) is 6.42 Å². The van der Waals surface area contributed by atoms with E-state index >= 15 is 0 Å². The van der Waals surface area contributed by atoms with Gasteiger partial charge in [-0.15, -0.1) is 0 Å². The Morgan fingerprint density at radius 3 is 2.53 bits per heavy atom. The van der Waals surface area contributed by atoms with Crippen molar-refractivity contribution < 1.29 is 9.90 Å². The van der Waals surface area contributed by atoms with Crippen molar-refractivity contribution in [1.29, 1.82) is 0 Å². The third kappa shape index (κ3) is 2.95. The first kappa shape index (κ1) is 12.3. The fourth-order valence-corrected chi connectivity index (χ4v) is 2.32. The Kier molecular flexibility index (Phi) is 3.95. The van der Waals surface area contributed by atoms with Crippen molar-refractivity contribution in [1.82, 2.24) is 0 Å². The number of hydrogen-bond donors (Lipinski definition) is 1. The molecule has 17 heavy (non-hydrogen) atoms. The quantitative estimate of drug-likeness (QED) is 0.818. The Morgan fingerprint density at radius 1 is 1.35 bits per heavy atom. The minimum atomic E-state index is -0.532. The number of benzene rings is 1. The van der Waals surface area contributed by atoms with E-state index in [-0.39, 0.29) is 17.6 Å². The number of Topliss-reactive ketones (excluding diaryl/α,β-unsaturated/α-hetero) is 1. The highest BCUT2D eigenvalue weighted by atomic mass is 16.3. The van der Waals surface area contributed by atoms with E-state index in [0.717, 1.165) is 24.8 Å². The first-order valence-electron chi connectivity index (χ1n) is 6.50. The lowest BCUT2D eigenvalue weighted by Gasteiger charge is -2.22. The van der Waals surface area contributed by atoms with Crippen molar-refractivity contribution in [2.75, 3.05) is 0 Å². The molecule has 1 saturated carbocycles. The van der Waals surface area contributed by atoms with Crippen LogP contribution in [-0.4, -0.2) is 17.0 Å². The maximum atomic E-state index is 12.3. The number of aliphatic hydroxyl groups excluding tert-OH is 1. The molecule has 0 aliphatic heterocycles. The molecule has 0 heterocycles. The Hall–Kier alpha value is -1.15. The normalized spacial score (nSPS) is 18.7. The van der Waals surface area contributed by atoms with Gasteiger partial charge in [-0.1, -0.05) is 43.7 Å². The summed E-state index contributed by atoms with van der Waals surface area (Å²) in [7, 11) is 0. The van der Waals surface area contributed by atoms with Crippen molar-refractivity contribution in [3.63, 3.8) is 0 Å². The number of rotatable bonds is 6. The van der Waals surface area contributed by atoms with E-state index in [1.807, 2.05) is 37.3 Å². The van der Waals surface area contributed by atoms with Crippen LogP contribution in [0.5, 0.6) is 0 Å². The maximum absolute atomic E-state index is 12.3. The summed E-state index contributed by atoms with van der Waals surface area (Å²) in [4.78, 5) is 12.3. The molecule has 92 valence electrons. The molecule has 1 aromatic rings. The lowest BCUT2D eigenvalue weighted by atomic mass is 9.85. The van der Waals surface area contributed by atoms with E-state index in [4.69, 9.17) is 0 Å². The van der Waals surface area contributed by atoms with Crippen molar-refractivity contribution in [2.45, 2.75) is 44.6 Å². The molecular weight excluding hydrogens is 212 g/mol. The smallest absolute Gasteiger partial charge is 0.146 e. The van der Waals surface area contributed by atoms with E-state index in [2.05, 4.69) is 0 Å². The largest absolute Gasteiger partial charge is 0.392 e. The van der Waals surface area contributed by atoms with Gasteiger partial charge in [-0.2, -0.15) is 0 Å². The fourth-order valence-electron chi connectivity index (χ4n) is 2.32. The van der Waals surface area contributed by atoms with Gasteiger partial charge in [-0.3, -0.25) is 4.79 Å². The number of carbonyl (C=O) groups is 1. The van der Waals surface area contributed by atoms with Crippen LogP contribution in [0.2, 0.25) is 0 Å². The second-order valence-electron chi connectivity index (χ2n) is 4.92. The van der Waals surface area contributed by atoms with Crippen LogP contribution in [0.4, 0.5) is 0 Å². The Morgan fingerprint density at radius 2 is 2.00 bits per heavy atom. The van der Waals surface area contributed by atoms with E-state index < -0.39 is 6.10 Å². The van der Waals surface area contributed by atoms with E-state index in [1.165, 1.54) is 0 Å². The summed E-state index contributed by atoms with van der Waals surface area (Å²) in [5.41, 5.74) is 0.963. The van der Waals surface area contributed by atoms with Gasteiger partial charge in [-0.05, 0) is 24.8 Å². The van der Waals surface area contributed by atoms with Crippen LogP contribution < -0.4 is 0 Å². The van der Waals surface area contributed by atoms with Crippen LogP contribution in [0.1, 0.15) is 44.1 Å². The molecule has 2 rings (SSSR count). The van der Waals surface area contributed by atoms with Crippen molar-refractivity contribution in [3.05, 3.63) is 35.9 Å². The molecule has 0 radical (unpaired) electrons. The summed E-state index contributed by atoms with van der Waals surface area (Å²) in [6, 6.07) is 9.70. The van der Waals surface area contributed by atoms with Crippen molar-refractivity contribution >= 4 is 5.78 Å². The standard InChI is InChI=1S/C15H20O2/c1-2-6-13(16)14(15(17)12-9-10-12)11-7-4-3-5-8-11/h3-5,7-8,12-14,16H,2,6,9-10H2,1H3. The average molecular weight is 232 g/mol. The molecule has 1 aliphatic carbocycles. The Labute approximate surface area is 103 Å². The molecule has 2 atom stereocenters. The highest BCUT2D eigenvalue weighted by Crippen LogP contribution is 2.37. The molecule has 1 aliphatic rings. The SMILES string of the molecule is CCCC(O)C(C(=O)C1CC1)c1ccccc1. The third-order valence-corrected chi connectivity index (χ3v) is 3.41. The molecular formula is C15H20O2. The average Bonchev–Trinajstić information content (AvgIpc) is 3.15. The molecule has 2 heteroatoms. The zero-order valence-electron chi connectivity index (χ0n) is 10.3. The van der Waals surface area contributed by atoms with Crippen LogP contribution in [-0.2, 0) is 4.79 Å². The van der Waals surface area contributed by atoms with Gasteiger partial charge in [0, 0.05) is 5.92 Å². The van der Waals surface area contributed by atoms with Crippen LogP contribution in [0, 0.1) is 5.92 Å². The lowest BCUT2D eigenvalue weighted by molar-refractivity contribution is -0.124. The minimum absolute atomic E-state index is 0.201. The second kappa shape index (κ2) is 5.46. The van der Waals surface area contributed by atoms with E-state index in [1.54, 1.807) is 0 Å². The molecule has 0 saturated heterocycles. The predicted molar refractivity (Wildman–Crippen MR) is 67.8 cm³/mol. The summed E-state index contributed by atoms with van der Waals surface area (Å²) in [6.07, 6.45) is 3.07. The summed E-state index contributed by atoms with van der Waals surface area (Å²) in [6.45, 7) is 2.03. The zero-order chi connectivity index (χ0) is 12.3. The molecule has 1 N–H and O–H groups in total. The van der Waals surface area contributed by atoms with Gasteiger partial charge in [0.05, 0.1) is 12.0 Å².